The lowest BCUT2D eigenvalue weighted by atomic mass is 9.99. The van der Waals surface area contributed by atoms with Gasteiger partial charge < -0.3 is 20.5 Å². The quantitative estimate of drug-likeness (QED) is 0.390. The second-order valence-corrected chi connectivity index (χ2v) is 10.8. The van der Waals surface area contributed by atoms with E-state index in [1.165, 1.54) is 11.3 Å². The van der Waals surface area contributed by atoms with Gasteiger partial charge in [0.05, 0.1) is 34.6 Å². The Hall–Kier alpha value is -3.99. The highest BCUT2D eigenvalue weighted by Gasteiger charge is 2.43. The molecule has 0 spiro atoms. The van der Waals surface area contributed by atoms with Crippen LogP contribution < -0.4 is 20.3 Å². The molecule has 0 aliphatic carbocycles. The Kier molecular flexibility index (Phi) is 6.02. The van der Waals surface area contributed by atoms with Crippen LogP contribution in [-0.4, -0.2) is 59.2 Å². The van der Waals surface area contributed by atoms with Gasteiger partial charge in [0.1, 0.15) is 21.2 Å². The van der Waals surface area contributed by atoms with Gasteiger partial charge in [-0.15, -0.1) is 11.3 Å². The van der Waals surface area contributed by atoms with E-state index in [-0.39, 0.29) is 12.1 Å². The van der Waals surface area contributed by atoms with Crippen LogP contribution in [0.4, 0.5) is 21.9 Å². The summed E-state index contributed by atoms with van der Waals surface area (Å²) in [5, 5.41) is 11.3. The fourth-order valence-corrected chi connectivity index (χ4v) is 6.47. The minimum atomic E-state index is -0.608. The second-order valence-electron chi connectivity index (χ2n) is 9.77. The highest BCUT2D eigenvalue weighted by Crippen LogP contribution is 2.50. The summed E-state index contributed by atoms with van der Waals surface area (Å²) in [6.07, 6.45) is 1.43. The van der Waals surface area contributed by atoms with Crippen LogP contribution in [0.2, 0.25) is 0 Å². The first kappa shape index (κ1) is 24.4. The average Bonchev–Trinajstić information content (AvgIpc) is 3.26. The van der Waals surface area contributed by atoms with Crippen molar-refractivity contribution in [2.75, 3.05) is 29.9 Å². The smallest absolute Gasteiger partial charge is 0.333 e. The normalized spacial score (nSPS) is 19.7. The highest BCUT2D eigenvalue weighted by molar-refractivity contribution is 7.21. The number of hydrogen-bond acceptors (Lipinski definition) is 7. The molecule has 38 heavy (non-hydrogen) atoms. The van der Waals surface area contributed by atoms with Crippen LogP contribution in [-0.2, 0) is 0 Å². The van der Waals surface area contributed by atoms with Crippen molar-refractivity contribution in [2.45, 2.75) is 25.5 Å². The zero-order chi connectivity index (χ0) is 26.6. The van der Waals surface area contributed by atoms with E-state index >= 15 is 0 Å². The Morgan fingerprint density at radius 3 is 2.61 bits per heavy atom. The van der Waals surface area contributed by atoms with Crippen LogP contribution >= 0.6 is 11.3 Å². The van der Waals surface area contributed by atoms with Gasteiger partial charge in [-0.25, -0.2) is 9.78 Å². The third kappa shape index (κ3) is 4.07. The summed E-state index contributed by atoms with van der Waals surface area (Å²) in [7, 11) is 1.91. The third-order valence-electron chi connectivity index (χ3n) is 6.99. The Morgan fingerprint density at radius 2 is 1.89 bits per heavy atom. The number of para-hydroxylation sites is 1. The van der Waals surface area contributed by atoms with Gasteiger partial charge in [-0.2, -0.15) is 0 Å². The molecule has 2 aromatic carbocycles. The maximum atomic E-state index is 14.4. The molecule has 1 saturated heterocycles. The van der Waals surface area contributed by atoms with Crippen LogP contribution in [0.5, 0.6) is 11.5 Å². The number of aryl methyl sites for hydroxylation is 1. The number of thiophene rings is 1. The molecule has 6 rings (SSSR count). The molecule has 2 aliphatic heterocycles. The number of primary amides is 1. The number of anilines is 3. The van der Waals surface area contributed by atoms with E-state index < -0.39 is 12.0 Å². The van der Waals surface area contributed by atoms with E-state index in [2.05, 4.69) is 4.98 Å². The van der Waals surface area contributed by atoms with Gasteiger partial charge >= 0.3 is 6.03 Å². The molecule has 1 fully saturated rings. The fourth-order valence-electron chi connectivity index (χ4n) is 5.46. The number of ether oxygens (including phenoxy) is 1. The number of hydrogen-bond donors (Lipinski definition) is 2. The monoisotopic (exact) mass is 529 g/mol. The molecule has 3 N–H and O–H groups in total. The lowest BCUT2D eigenvalue weighted by Gasteiger charge is -2.44. The van der Waals surface area contributed by atoms with Crippen molar-refractivity contribution in [1.29, 1.82) is 0 Å². The van der Waals surface area contributed by atoms with E-state index in [1.807, 2.05) is 67.4 Å². The molecule has 0 radical (unpaired) electrons. The molecular formula is C28H27N5O4S. The molecule has 2 atom stereocenters. The minimum Gasteiger partial charge on any atom is -0.457 e. The maximum Gasteiger partial charge on any atom is 0.333 e. The van der Waals surface area contributed by atoms with Crippen molar-refractivity contribution in [2.24, 2.45) is 5.73 Å². The summed E-state index contributed by atoms with van der Waals surface area (Å²) < 4.78 is 6.00. The first-order chi connectivity index (χ1) is 18.3. The van der Waals surface area contributed by atoms with Gasteiger partial charge in [0.15, 0.2) is 0 Å². The van der Waals surface area contributed by atoms with Crippen molar-refractivity contribution in [3.63, 3.8) is 0 Å². The minimum absolute atomic E-state index is 0.291. The molecule has 0 unspecified atom stereocenters. The van der Waals surface area contributed by atoms with Crippen molar-refractivity contribution < 1.29 is 19.4 Å². The number of amides is 3. The molecule has 2 aliphatic rings. The van der Waals surface area contributed by atoms with Crippen molar-refractivity contribution >= 4 is 50.6 Å². The van der Waals surface area contributed by atoms with E-state index in [9.17, 15) is 14.7 Å². The topological polar surface area (TPSA) is 112 Å². The molecule has 0 saturated carbocycles. The Morgan fingerprint density at radius 1 is 1.11 bits per heavy atom. The molecule has 4 heterocycles. The van der Waals surface area contributed by atoms with Gasteiger partial charge in [-0.05, 0) is 62.4 Å². The third-order valence-corrected chi connectivity index (χ3v) is 8.09. The lowest BCUT2D eigenvalue weighted by Crippen LogP contribution is -2.57. The van der Waals surface area contributed by atoms with E-state index in [4.69, 9.17) is 10.5 Å². The highest BCUT2D eigenvalue weighted by atomic mass is 32.1. The number of aromatic nitrogens is 1. The first-order valence-electron chi connectivity index (χ1n) is 12.4. The van der Waals surface area contributed by atoms with Gasteiger partial charge in [-0.3, -0.25) is 14.6 Å². The number of likely N-dealkylation sites (N-methyl/N-ethyl adjacent to an activating group) is 1. The fraction of sp³-hybridized carbons (Fsp3) is 0.250. The van der Waals surface area contributed by atoms with Gasteiger partial charge in [0, 0.05) is 19.3 Å². The molecule has 4 aromatic rings. The van der Waals surface area contributed by atoms with Gasteiger partial charge in [-0.1, -0.05) is 18.2 Å². The number of aliphatic hydroxyl groups is 1. The Balaban J connectivity index is 1.49. The number of likely N-dealkylation sites (tertiary alicyclic amines) is 1. The zero-order valence-electron chi connectivity index (χ0n) is 21.0. The van der Waals surface area contributed by atoms with Crippen molar-refractivity contribution in [3.05, 3.63) is 71.2 Å². The summed E-state index contributed by atoms with van der Waals surface area (Å²) >= 11 is 1.18. The van der Waals surface area contributed by atoms with Crippen molar-refractivity contribution in [1.82, 2.24) is 9.88 Å². The maximum absolute atomic E-state index is 14.4. The van der Waals surface area contributed by atoms with Gasteiger partial charge in [0.25, 0.3) is 5.91 Å². The number of rotatable bonds is 5. The van der Waals surface area contributed by atoms with Crippen LogP contribution in [0, 0.1) is 6.92 Å². The summed E-state index contributed by atoms with van der Waals surface area (Å²) in [5.74, 6) is 0.768. The number of carbonyl (C=O) groups is 2. The number of piperidine rings is 1. The predicted molar refractivity (Wildman–Crippen MR) is 148 cm³/mol. The molecule has 194 valence electrons. The van der Waals surface area contributed by atoms with Crippen LogP contribution in [0.15, 0.2) is 60.8 Å². The van der Waals surface area contributed by atoms with E-state index in [0.29, 0.717) is 57.4 Å². The first-order valence-corrected chi connectivity index (χ1v) is 13.2. The second kappa shape index (κ2) is 9.39. The number of carbonyl (C=O) groups excluding carboxylic acids is 2. The lowest BCUT2D eigenvalue weighted by molar-refractivity contribution is 0.0732. The number of β-amino-alcohol motifs (C(OH)–C–C–N with tert-alkyl or cyclic N) is 1. The number of urea groups is 1. The molecule has 10 heteroatoms. The summed E-state index contributed by atoms with van der Waals surface area (Å²) in [6.45, 7) is 2.99. The summed E-state index contributed by atoms with van der Waals surface area (Å²) in [5.41, 5.74) is 8.44. The number of nitrogens with zero attached hydrogens (tertiary/aromatic N) is 4. The number of pyridine rings is 1. The van der Waals surface area contributed by atoms with E-state index in [0.717, 1.165) is 11.3 Å². The number of aliphatic hydroxyl groups excluding tert-OH is 1. The van der Waals surface area contributed by atoms with Crippen molar-refractivity contribution in [3.8, 4) is 11.5 Å². The predicted octanol–water partition coefficient (Wildman–Crippen LogP) is 4.64. The standard InChI is InChI=1S/C28H27N5O4S/c1-16-12-20(37-19-6-4-3-5-7-19)8-9-21(16)33-22-10-11-30-27-23(22)24(25(38-27)26(29)35)32(28(33)36)17-13-18(34)15-31(2)14-17/h3-12,17-18,34H,13-15H2,1-2H3,(H2,29,35)/t17-,18+/m1/s1. The summed E-state index contributed by atoms with van der Waals surface area (Å²) in [6, 6.07) is 16.2. The zero-order valence-corrected chi connectivity index (χ0v) is 21.8. The van der Waals surface area contributed by atoms with Gasteiger partial charge in [0.2, 0.25) is 0 Å². The average molecular weight is 530 g/mol. The van der Waals surface area contributed by atoms with E-state index in [1.54, 1.807) is 22.1 Å². The number of benzene rings is 2. The Labute approximate surface area is 223 Å². The van der Waals surface area contributed by atoms with Crippen LogP contribution in [0.1, 0.15) is 21.7 Å². The molecular weight excluding hydrogens is 502 g/mol. The van der Waals surface area contributed by atoms with Crippen LogP contribution in [0.25, 0.3) is 10.2 Å². The largest absolute Gasteiger partial charge is 0.457 e. The molecule has 3 amide bonds. The SMILES string of the molecule is Cc1cc(Oc2ccccc2)ccc1N1C(=O)N([C@@H]2C[C@H](O)CN(C)C2)c2c(C(N)=O)sc3nccc1c23. The summed E-state index contributed by atoms with van der Waals surface area (Å²) in [4.78, 5) is 37.6. The molecule has 2 aromatic heterocycles. The van der Waals surface area contributed by atoms with Crippen LogP contribution in [0.3, 0.4) is 0 Å². The molecule has 9 nitrogen and oxygen atoms in total. The molecule has 0 bridgehead atoms. The number of nitrogens with two attached hydrogens (primary N) is 1. The Bertz CT molecular complexity index is 1550.